The molecule has 0 radical (unpaired) electrons. The molecule has 0 amide bonds. The Morgan fingerprint density at radius 2 is 0.931 bits per heavy atom. The van der Waals surface area contributed by atoms with Crippen LogP contribution in [0.25, 0.3) is 38.8 Å². The van der Waals surface area contributed by atoms with Gasteiger partial charge in [-0.15, -0.1) is 0 Å². The lowest BCUT2D eigenvalue weighted by molar-refractivity contribution is 0.414. The van der Waals surface area contributed by atoms with Crippen molar-refractivity contribution < 1.29 is 18.9 Å². The van der Waals surface area contributed by atoms with Gasteiger partial charge in [0.1, 0.15) is 23.0 Å². The number of benzene rings is 6. The molecule has 0 saturated heterocycles. The first-order chi connectivity index (χ1) is 27.8. The molecule has 290 valence electrons. The quantitative estimate of drug-likeness (QED) is 0.154. The van der Waals surface area contributed by atoms with Crippen LogP contribution in [0.1, 0.15) is 80.5 Å². The molecule has 6 aromatic carbocycles. The van der Waals surface area contributed by atoms with Gasteiger partial charge in [-0.25, -0.2) is 0 Å². The molecule has 0 aliphatic heterocycles. The predicted molar refractivity (Wildman–Crippen MR) is 239 cm³/mol. The zero-order chi connectivity index (χ0) is 40.7. The molecule has 0 fully saturated rings. The Bertz CT molecular complexity index is 3070. The molecule has 0 N–H and O–H groups in total. The van der Waals surface area contributed by atoms with Gasteiger partial charge >= 0.3 is 0 Å². The fraction of sp³-hybridized carbons (Fsp3) is 0.222. The van der Waals surface area contributed by atoms with E-state index in [2.05, 4.69) is 139 Å². The fourth-order valence-electron chi connectivity index (χ4n) is 8.93. The van der Waals surface area contributed by atoms with Crippen molar-refractivity contribution in [2.24, 2.45) is 0 Å². The Morgan fingerprint density at radius 3 is 1.41 bits per heavy atom. The summed E-state index contributed by atoms with van der Waals surface area (Å²) >= 11 is 0. The molecule has 0 unspecified atom stereocenters. The monoisotopic (exact) mass is 762 g/mol. The van der Waals surface area contributed by atoms with Gasteiger partial charge in [-0.05, 0) is 175 Å². The van der Waals surface area contributed by atoms with E-state index in [0.29, 0.717) is 0 Å². The SMILES string of the molecule is COc1ccc(C(=Cc2c3c(c4c5cc(C(C)(C)C)cc6cc(C(C)(C)C)cc(c2=4)c65)=c2cc(OC)ccc2=C3c2ccc(OC)cc2)c2ccc(OC)cc2)cc1. The Balaban J connectivity index is 1.55. The summed E-state index contributed by atoms with van der Waals surface area (Å²) in [6.07, 6.45) is 2.44. The number of hydrogen-bond acceptors (Lipinski definition) is 4. The summed E-state index contributed by atoms with van der Waals surface area (Å²) in [5.74, 6) is 3.30. The maximum absolute atomic E-state index is 5.95. The maximum Gasteiger partial charge on any atom is 0.119 e. The first-order valence-corrected chi connectivity index (χ1v) is 20.0. The summed E-state index contributed by atoms with van der Waals surface area (Å²) in [5, 5.41) is 11.4. The average molecular weight is 763 g/mol. The number of ether oxygens (including phenoxy) is 4. The molecule has 0 aromatic heterocycles. The standard InChI is InChI=1S/C54H50O4/c1-53(2,3)35-25-34-26-36(54(4,5)6)28-45-47(34)44(27-35)49-46(30-42(31-11-17-37(55-7)18-12-31)32-13-19-38(56-8)20-14-32)51-48(33-15-21-39(57-9)22-16-33)41-24-23-40(58-10)29-43(41)50(51)52(45)49/h11-30H,1-10H3. The molecular weight excluding hydrogens is 713 g/mol. The van der Waals surface area contributed by atoms with Crippen molar-refractivity contribution >= 4 is 38.8 Å². The Hall–Kier alpha value is -6.26. The van der Waals surface area contributed by atoms with E-state index >= 15 is 0 Å². The predicted octanol–water partition coefficient (Wildman–Crippen LogP) is 11.9. The minimum absolute atomic E-state index is 0.0543. The third-order valence-corrected chi connectivity index (χ3v) is 12.1. The molecule has 0 spiro atoms. The molecule has 0 saturated carbocycles. The van der Waals surface area contributed by atoms with Gasteiger partial charge in [0.05, 0.1) is 28.4 Å². The topological polar surface area (TPSA) is 36.9 Å². The molecule has 0 heterocycles. The zero-order valence-electron chi connectivity index (χ0n) is 35.2. The molecular formula is C54H50O4. The summed E-state index contributed by atoms with van der Waals surface area (Å²) in [5.41, 5.74) is 10.6. The van der Waals surface area contributed by atoms with E-state index in [1.165, 1.54) is 75.5 Å². The van der Waals surface area contributed by atoms with Crippen LogP contribution in [0.15, 0.2) is 115 Å². The number of methoxy groups -OCH3 is 4. The second kappa shape index (κ2) is 13.7. The summed E-state index contributed by atoms with van der Waals surface area (Å²) in [4.78, 5) is 0. The molecule has 58 heavy (non-hydrogen) atoms. The Kier molecular flexibility index (Phi) is 8.81. The zero-order valence-corrected chi connectivity index (χ0v) is 35.2. The number of fused-ring (bicyclic) bond motifs is 5. The highest BCUT2D eigenvalue weighted by Crippen LogP contribution is 2.45. The lowest BCUT2D eigenvalue weighted by Crippen LogP contribution is -2.12. The van der Waals surface area contributed by atoms with Crippen LogP contribution < -0.4 is 24.2 Å². The van der Waals surface area contributed by atoms with Gasteiger partial charge in [0.25, 0.3) is 0 Å². The number of rotatable bonds is 8. The molecule has 9 rings (SSSR count). The molecule has 3 aliphatic carbocycles. The smallest absolute Gasteiger partial charge is 0.119 e. The highest BCUT2D eigenvalue weighted by Gasteiger charge is 2.29. The van der Waals surface area contributed by atoms with Crippen molar-refractivity contribution in [2.75, 3.05) is 28.4 Å². The second-order valence-corrected chi connectivity index (χ2v) is 17.6. The van der Waals surface area contributed by atoms with E-state index in [1.807, 2.05) is 24.3 Å². The van der Waals surface area contributed by atoms with E-state index in [0.717, 1.165) is 45.3 Å². The molecule has 6 aromatic rings. The van der Waals surface area contributed by atoms with E-state index in [-0.39, 0.29) is 10.8 Å². The number of hydrogen-bond donors (Lipinski definition) is 0. The second-order valence-electron chi connectivity index (χ2n) is 17.6. The van der Waals surface area contributed by atoms with Gasteiger partial charge in [0, 0.05) is 0 Å². The largest absolute Gasteiger partial charge is 0.497 e. The van der Waals surface area contributed by atoms with Crippen LogP contribution in [0, 0.1) is 20.9 Å². The van der Waals surface area contributed by atoms with E-state index < -0.39 is 0 Å². The molecule has 4 nitrogen and oxygen atoms in total. The first kappa shape index (κ1) is 37.3. The van der Waals surface area contributed by atoms with E-state index in [1.54, 1.807) is 28.4 Å². The Labute approximate surface area is 340 Å². The van der Waals surface area contributed by atoms with Crippen LogP contribution in [0.3, 0.4) is 0 Å². The minimum atomic E-state index is -0.0611. The normalized spacial score (nSPS) is 12.6. The van der Waals surface area contributed by atoms with Crippen LogP contribution >= 0.6 is 0 Å². The van der Waals surface area contributed by atoms with Gasteiger partial charge in [-0.1, -0.05) is 96.1 Å². The maximum atomic E-state index is 5.95. The van der Waals surface area contributed by atoms with Crippen molar-refractivity contribution in [1.29, 1.82) is 0 Å². The van der Waals surface area contributed by atoms with Crippen LogP contribution in [0.5, 0.6) is 23.0 Å². The molecule has 0 bridgehead atoms. The Morgan fingerprint density at radius 1 is 0.466 bits per heavy atom. The van der Waals surface area contributed by atoms with Crippen LogP contribution in [-0.4, -0.2) is 28.4 Å². The van der Waals surface area contributed by atoms with Gasteiger partial charge in [-0.2, -0.15) is 0 Å². The van der Waals surface area contributed by atoms with Crippen molar-refractivity contribution in [3.8, 4) is 23.0 Å². The average Bonchev–Trinajstić information content (AvgIpc) is 3.85. The van der Waals surface area contributed by atoms with Crippen LogP contribution in [0.2, 0.25) is 0 Å². The lowest BCUT2D eigenvalue weighted by Gasteiger charge is -2.23. The fourth-order valence-corrected chi connectivity index (χ4v) is 8.93. The molecule has 3 aliphatic rings. The third kappa shape index (κ3) is 5.97. The van der Waals surface area contributed by atoms with E-state index in [9.17, 15) is 0 Å². The minimum Gasteiger partial charge on any atom is -0.497 e. The summed E-state index contributed by atoms with van der Waals surface area (Å²) in [6, 6.07) is 41.7. The van der Waals surface area contributed by atoms with Gasteiger partial charge in [-0.3, -0.25) is 0 Å². The molecule has 0 atom stereocenters. The van der Waals surface area contributed by atoms with Crippen LogP contribution in [-0.2, 0) is 10.8 Å². The lowest BCUT2D eigenvalue weighted by atomic mass is 9.82. The van der Waals surface area contributed by atoms with Gasteiger partial charge < -0.3 is 18.9 Å². The van der Waals surface area contributed by atoms with Gasteiger partial charge in [0.15, 0.2) is 0 Å². The first-order valence-electron chi connectivity index (χ1n) is 20.0. The van der Waals surface area contributed by atoms with Crippen molar-refractivity contribution in [2.45, 2.75) is 52.4 Å². The molecule has 4 heteroatoms. The van der Waals surface area contributed by atoms with Crippen molar-refractivity contribution in [1.82, 2.24) is 0 Å². The van der Waals surface area contributed by atoms with Crippen molar-refractivity contribution in [3.05, 3.63) is 180 Å². The summed E-state index contributed by atoms with van der Waals surface area (Å²) < 4.78 is 22.9. The van der Waals surface area contributed by atoms with Gasteiger partial charge in [0.2, 0.25) is 0 Å². The summed E-state index contributed by atoms with van der Waals surface area (Å²) in [7, 11) is 6.90. The van der Waals surface area contributed by atoms with Crippen molar-refractivity contribution in [3.63, 3.8) is 0 Å². The third-order valence-electron chi connectivity index (χ3n) is 12.1. The highest BCUT2D eigenvalue weighted by atomic mass is 16.5. The highest BCUT2D eigenvalue weighted by molar-refractivity contribution is 6.15. The van der Waals surface area contributed by atoms with E-state index in [4.69, 9.17) is 18.9 Å². The summed E-state index contributed by atoms with van der Waals surface area (Å²) in [6.45, 7) is 13.9. The van der Waals surface area contributed by atoms with Crippen LogP contribution in [0.4, 0.5) is 0 Å².